The molecular weight excluding hydrogens is 1350 g/mol. The highest BCUT2D eigenvalue weighted by Crippen LogP contribution is 2.45. The molecule has 104 heavy (non-hydrogen) atoms. The van der Waals surface area contributed by atoms with Crippen LogP contribution in [-0.4, -0.2) is 96.7 Å². The molecule has 0 saturated heterocycles. The number of aliphatic hydroxyl groups excluding tert-OH is 1. The topological polar surface area (TPSA) is 237 Å². The molecule has 0 amide bonds. The van der Waals surface area contributed by atoms with E-state index in [9.17, 15) is 43.2 Å². The molecule has 618 valence electrons. The maximum absolute atomic E-state index is 13.1. The summed E-state index contributed by atoms with van der Waals surface area (Å²) >= 11 is 0. The summed E-state index contributed by atoms with van der Waals surface area (Å²) in [6.07, 6.45) is 62.3. The summed E-state index contributed by atoms with van der Waals surface area (Å²) in [5.41, 5.74) is 0. The summed E-state index contributed by atoms with van der Waals surface area (Å²) in [7, 11) is -9.93. The summed E-state index contributed by atoms with van der Waals surface area (Å²) in [5, 5.41) is 10.7. The van der Waals surface area contributed by atoms with Crippen molar-refractivity contribution in [2.75, 3.05) is 39.6 Å². The van der Waals surface area contributed by atoms with Crippen molar-refractivity contribution < 1.29 is 80.2 Å². The van der Waals surface area contributed by atoms with Gasteiger partial charge in [0.2, 0.25) is 0 Å². The average Bonchev–Trinajstić information content (AvgIpc) is 0.903. The van der Waals surface area contributed by atoms with Crippen LogP contribution in [0.15, 0.2) is 0 Å². The molecule has 0 bridgehead atoms. The van der Waals surface area contributed by atoms with Crippen LogP contribution in [0.25, 0.3) is 0 Å². The summed E-state index contributed by atoms with van der Waals surface area (Å²) < 4.78 is 68.9. The van der Waals surface area contributed by atoms with E-state index in [0.717, 1.165) is 114 Å². The molecule has 0 aromatic rings. The van der Waals surface area contributed by atoms with Gasteiger partial charge in [0.1, 0.15) is 19.3 Å². The van der Waals surface area contributed by atoms with Crippen molar-refractivity contribution in [3.8, 4) is 0 Å². The molecule has 0 saturated carbocycles. The van der Waals surface area contributed by atoms with Crippen molar-refractivity contribution in [2.24, 2.45) is 23.7 Å². The first kappa shape index (κ1) is 102. The molecule has 19 heteroatoms. The van der Waals surface area contributed by atoms with E-state index < -0.39 is 97.5 Å². The molecule has 3 N–H and O–H groups in total. The van der Waals surface area contributed by atoms with Crippen LogP contribution in [0.5, 0.6) is 0 Å². The Kier molecular flexibility index (Phi) is 72.5. The number of carbonyl (C=O) groups excluding carboxylic acids is 4. The van der Waals surface area contributed by atoms with Crippen molar-refractivity contribution >= 4 is 39.5 Å². The monoisotopic (exact) mass is 1520 g/mol. The lowest BCUT2D eigenvalue weighted by atomic mass is 9.99. The molecule has 0 fully saturated rings. The number of ether oxygens (including phenoxy) is 4. The highest BCUT2D eigenvalue weighted by Gasteiger charge is 2.30. The first-order valence-corrected chi connectivity index (χ1v) is 46.7. The highest BCUT2D eigenvalue weighted by atomic mass is 31.2. The van der Waals surface area contributed by atoms with Gasteiger partial charge in [-0.1, -0.05) is 389 Å². The first-order chi connectivity index (χ1) is 50.1. The molecule has 0 aromatic heterocycles. The van der Waals surface area contributed by atoms with Crippen LogP contribution in [0.4, 0.5) is 0 Å². The first-order valence-electron chi connectivity index (χ1n) is 43.7. The Bertz CT molecular complexity index is 2030. The number of phosphoric ester groups is 2. The number of hydrogen-bond donors (Lipinski definition) is 3. The smallest absolute Gasteiger partial charge is 0.462 e. The van der Waals surface area contributed by atoms with Crippen LogP contribution < -0.4 is 0 Å². The molecule has 0 rings (SSSR count). The predicted octanol–water partition coefficient (Wildman–Crippen LogP) is 25.6. The van der Waals surface area contributed by atoms with E-state index in [1.807, 2.05) is 0 Å². The van der Waals surface area contributed by atoms with Crippen molar-refractivity contribution in [3.05, 3.63) is 0 Å². The van der Waals surface area contributed by atoms with Gasteiger partial charge >= 0.3 is 39.5 Å². The fourth-order valence-corrected chi connectivity index (χ4v) is 14.7. The number of aliphatic hydroxyl groups is 1. The Labute approximate surface area is 638 Å². The van der Waals surface area contributed by atoms with Crippen LogP contribution in [0.3, 0.4) is 0 Å². The maximum atomic E-state index is 13.1. The maximum Gasteiger partial charge on any atom is 0.472 e. The summed E-state index contributed by atoms with van der Waals surface area (Å²) in [4.78, 5) is 73.2. The Hall–Kier alpha value is -1.94. The van der Waals surface area contributed by atoms with Crippen LogP contribution in [0.1, 0.15) is 441 Å². The zero-order valence-corrected chi connectivity index (χ0v) is 70.5. The minimum Gasteiger partial charge on any atom is -0.462 e. The van der Waals surface area contributed by atoms with E-state index in [2.05, 4.69) is 55.4 Å². The fraction of sp³-hybridized carbons (Fsp3) is 0.953. The van der Waals surface area contributed by atoms with Gasteiger partial charge in [0.05, 0.1) is 26.4 Å². The van der Waals surface area contributed by atoms with Crippen molar-refractivity contribution in [2.45, 2.75) is 459 Å². The molecule has 6 atom stereocenters. The zero-order chi connectivity index (χ0) is 76.7. The molecular formula is C85H166O17P2. The van der Waals surface area contributed by atoms with Gasteiger partial charge in [-0.3, -0.25) is 37.3 Å². The van der Waals surface area contributed by atoms with Gasteiger partial charge in [0, 0.05) is 25.7 Å². The van der Waals surface area contributed by atoms with Gasteiger partial charge in [-0.05, 0) is 49.4 Å². The second-order valence-corrected chi connectivity index (χ2v) is 35.2. The minimum atomic E-state index is -4.97. The molecule has 0 aromatic carbocycles. The van der Waals surface area contributed by atoms with Gasteiger partial charge in [-0.15, -0.1) is 0 Å². The second kappa shape index (κ2) is 73.8. The van der Waals surface area contributed by atoms with Crippen LogP contribution in [0.2, 0.25) is 0 Å². The highest BCUT2D eigenvalue weighted by molar-refractivity contribution is 7.47. The molecule has 0 spiro atoms. The number of hydrogen-bond acceptors (Lipinski definition) is 15. The number of esters is 4. The summed E-state index contributed by atoms with van der Waals surface area (Å²) in [5.74, 6) is 1.07. The normalized spacial score (nSPS) is 14.2. The molecule has 3 unspecified atom stereocenters. The lowest BCUT2D eigenvalue weighted by Crippen LogP contribution is -2.30. The van der Waals surface area contributed by atoms with E-state index in [1.165, 1.54) is 244 Å². The van der Waals surface area contributed by atoms with Gasteiger partial charge < -0.3 is 33.8 Å². The summed E-state index contributed by atoms with van der Waals surface area (Å²) in [6, 6.07) is 0. The molecule has 0 heterocycles. The van der Waals surface area contributed by atoms with Gasteiger partial charge in [0.25, 0.3) is 0 Å². The van der Waals surface area contributed by atoms with Crippen LogP contribution >= 0.6 is 15.6 Å². The zero-order valence-electron chi connectivity index (χ0n) is 68.7. The van der Waals surface area contributed by atoms with Crippen LogP contribution in [0, 0.1) is 23.7 Å². The van der Waals surface area contributed by atoms with Crippen molar-refractivity contribution in [1.29, 1.82) is 0 Å². The molecule has 0 aliphatic carbocycles. The third-order valence-corrected chi connectivity index (χ3v) is 22.1. The lowest BCUT2D eigenvalue weighted by Gasteiger charge is -2.21. The van der Waals surface area contributed by atoms with Crippen LogP contribution in [-0.2, 0) is 65.4 Å². The Balaban J connectivity index is 5.27. The third-order valence-electron chi connectivity index (χ3n) is 20.2. The Morgan fingerprint density at radius 2 is 0.462 bits per heavy atom. The molecule has 0 aliphatic rings. The van der Waals surface area contributed by atoms with Gasteiger partial charge in [-0.25, -0.2) is 9.13 Å². The molecule has 0 radical (unpaired) electrons. The van der Waals surface area contributed by atoms with Crippen molar-refractivity contribution in [3.63, 3.8) is 0 Å². The number of carbonyl (C=O) groups is 4. The second-order valence-electron chi connectivity index (χ2n) is 32.2. The number of rotatable bonds is 82. The predicted molar refractivity (Wildman–Crippen MR) is 428 cm³/mol. The summed E-state index contributed by atoms with van der Waals surface area (Å²) in [6.45, 7) is 14.4. The third kappa shape index (κ3) is 76.8. The average molecular weight is 1520 g/mol. The number of unbranched alkanes of at least 4 members (excludes halogenated alkanes) is 47. The van der Waals surface area contributed by atoms with E-state index >= 15 is 0 Å². The van der Waals surface area contributed by atoms with Gasteiger partial charge in [0.15, 0.2) is 12.2 Å². The van der Waals surface area contributed by atoms with Gasteiger partial charge in [-0.2, -0.15) is 0 Å². The number of phosphoric acid groups is 2. The minimum absolute atomic E-state index is 0.107. The largest absolute Gasteiger partial charge is 0.472 e. The standard InChI is InChI=1S/C85H166O17P2/c1-9-78(8)64-56-48-40-35-36-42-50-58-66-83(88)96-72-81(102-85(90)68-60-52-44-34-28-22-16-19-25-31-39-47-55-63-77(6)7)74-100-104(93,94)98-70-79(86)69-97-103(91,92)99-73-80(101-84(89)67-59-51-43-33-27-21-15-11-13-18-24-30-38-46-54-62-76(4)5)71-95-82(87)65-57-49-41-32-26-20-14-10-12-17-23-29-37-45-53-61-75(2)3/h75-81,86H,9-74H2,1-8H3,(H,91,92)(H,93,94)/t78?,79-,80-,81-/m1/s1. The fourth-order valence-electron chi connectivity index (χ4n) is 13.1. The van der Waals surface area contributed by atoms with E-state index in [4.69, 9.17) is 37.0 Å². The quantitative estimate of drug-likeness (QED) is 0.0222. The van der Waals surface area contributed by atoms with E-state index in [0.29, 0.717) is 25.7 Å². The van der Waals surface area contributed by atoms with Crippen molar-refractivity contribution in [1.82, 2.24) is 0 Å². The molecule has 17 nitrogen and oxygen atoms in total. The van der Waals surface area contributed by atoms with E-state index in [1.54, 1.807) is 0 Å². The Morgan fingerprint density at radius 3 is 0.683 bits per heavy atom. The van der Waals surface area contributed by atoms with E-state index in [-0.39, 0.29) is 25.7 Å². The SMILES string of the molecule is CCC(C)CCCCCCCCCCC(=O)OC[C@H](COP(=O)(O)OC[C@H](O)COP(=O)(O)OC[C@@H](COC(=O)CCCCCCCCCCCCCCCCCC(C)C)OC(=O)CCCCCCCCCCCCCCCCCC(C)C)OC(=O)CCCCCCCCCCCCCCCC(C)C. The lowest BCUT2D eigenvalue weighted by molar-refractivity contribution is -0.161. The molecule has 0 aliphatic heterocycles. The Morgan fingerprint density at radius 1 is 0.269 bits per heavy atom.